The Balaban J connectivity index is 2.29. The largest absolute Gasteiger partial charge is 0.337 e. The summed E-state index contributed by atoms with van der Waals surface area (Å²) >= 11 is 8.95. The number of amides is 3. The third-order valence-electron chi connectivity index (χ3n) is 3.04. The number of halogens is 2. The van der Waals surface area contributed by atoms with E-state index in [0.717, 1.165) is 22.1 Å². The molecule has 7 heteroatoms. The molecule has 0 unspecified atom stereocenters. The van der Waals surface area contributed by atoms with Gasteiger partial charge in [-0.25, -0.2) is 4.79 Å². The minimum absolute atomic E-state index is 0.0321. The summed E-state index contributed by atoms with van der Waals surface area (Å²) in [5.41, 5.74) is 2.44. The van der Waals surface area contributed by atoms with Crippen LogP contribution in [0.2, 0.25) is 0 Å². The van der Waals surface area contributed by atoms with Gasteiger partial charge in [0.15, 0.2) is 0 Å². The number of nitrogens with one attached hydrogen (secondary N) is 2. The molecule has 1 aliphatic heterocycles. The molecule has 0 aliphatic carbocycles. The molecule has 1 heterocycles. The zero-order valence-corrected chi connectivity index (χ0v) is 13.3. The van der Waals surface area contributed by atoms with E-state index in [1.807, 2.05) is 6.07 Å². The Kier molecular flexibility index (Phi) is 4.88. The molecule has 3 amide bonds. The molecule has 2 N–H and O–H groups in total. The number of carbonyl (C=O) groups excluding carboxylic acids is 2. The number of alkyl halides is 1. The summed E-state index contributed by atoms with van der Waals surface area (Å²) in [5, 5.41) is 5.40. The second kappa shape index (κ2) is 6.45. The second-order valence-electron chi connectivity index (χ2n) is 4.45. The number of rotatable bonds is 3. The van der Waals surface area contributed by atoms with Gasteiger partial charge < -0.3 is 15.5 Å². The zero-order chi connectivity index (χ0) is 14.7. The Hall–Kier alpha value is -1.27. The highest BCUT2D eigenvalue weighted by atomic mass is 79.9. The predicted molar refractivity (Wildman–Crippen MR) is 83.6 cm³/mol. The van der Waals surface area contributed by atoms with Crippen LogP contribution in [0.4, 0.5) is 16.2 Å². The minimum atomic E-state index is -0.332. The number of hydrogen-bond acceptors (Lipinski definition) is 2. The lowest BCUT2D eigenvalue weighted by Crippen LogP contribution is -2.32. The number of anilines is 2. The van der Waals surface area contributed by atoms with Crippen molar-refractivity contribution in [1.82, 2.24) is 5.32 Å². The summed E-state index contributed by atoms with van der Waals surface area (Å²) < 4.78 is 0.870. The smallest absolute Gasteiger partial charge is 0.319 e. The summed E-state index contributed by atoms with van der Waals surface area (Å²) in [6.07, 6.45) is 0.784. The molecular weight excluding hydrogens is 346 g/mol. The van der Waals surface area contributed by atoms with Crippen molar-refractivity contribution in [2.75, 3.05) is 29.2 Å². The van der Waals surface area contributed by atoms with E-state index in [9.17, 15) is 9.59 Å². The van der Waals surface area contributed by atoms with Gasteiger partial charge in [0.1, 0.15) is 0 Å². The van der Waals surface area contributed by atoms with Crippen molar-refractivity contribution in [2.45, 2.75) is 13.3 Å². The predicted octanol–water partition coefficient (Wildman–Crippen LogP) is 2.72. The number of fused-ring (bicyclic) bond motifs is 1. The average Bonchev–Trinajstić information content (AvgIpc) is 2.80. The van der Waals surface area contributed by atoms with Crippen molar-refractivity contribution in [3.8, 4) is 0 Å². The fraction of sp³-hybridized carbons (Fsp3) is 0.385. The molecule has 108 valence electrons. The summed E-state index contributed by atoms with van der Waals surface area (Å²) in [4.78, 5) is 25.1. The first kappa shape index (κ1) is 15.1. The average molecular weight is 361 g/mol. The number of nitrogens with zero attached hydrogens (tertiary/aromatic N) is 1. The Labute approximate surface area is 130 Å². The van der Waals surface area contributed by atoms with E-state index in [4.69, 9.17) is 11.6 Å². The Bertz CT molecular complexity index is 551. The van der Waals surface area contributed by atoms with E-state index in [1.54, 1.807) is 11.0 Å². The van der Waals surface area contributed by atoms with Gasteiger partial charge in [-0.3, -0.25) is 4.79 Å². The maximum Gasteiger partial charge on any atom is 0.319 e. The number of urea groups is 1. The fourth-order valence-electron chi connectivity index (χ4n) is 2.25. The molecule has 1 aromatic rings. The van der Waals surface area contributed by atoms with Crippen LogP contribution in [0, 0.1) is 0 Å². The van der Waals surface area contributed by atoms with Crippen LogP contribution >= 0.6 is 27.5 Å². The molecule has 0 bridgehead atoms. The molecule has 0 fully saturated rings. The molecule has 0 saturated carbocycles. The van der Waals surface area contributed by atoms with Crippen molar-refractivity contribution < 1.29 is 9.59 Å². The minimum Gasteiger partial charge on any atom is -0.337 e. The molecule has 0 saturated heterocycles. The summed E-state index contributed by atoms with van der Waals surface area (Å²) in [5.74, 6) is 0.319. The van der Waals surface area contributed by atoms with Crippen molar-refractivity contribution in [3.05, 3.63) is 22.2 Å². The highest BCUT2D eigenvalue weighted by molar-refractivity contribution is 9.10. The van der Waals surface area contributed by atoms with Gasteiger partial charge >= 0.3 is 6.03 Å². The van der Waals surface area contributed by atoms with E-state index in [0.29, 0.717) is 24.7 Å². The zero-order valence-electron chi connectivity index (χ0n) is 11.0. The van der Waals surface area contributed by atoms with Gasteiger partial charge in [0.25, 0.3) is 0 Å². The van der Waals surface area contributed by atoms with E-state index in [-0.39, 0.29) is 11.9 Å². The second-order valence-corrected chi connectivity index (χ2v) is 5.75. The van der Waals surface area contributed by atoms with E-state index in [2.05, 4.69) is 26.6 Å². The number of carbonyl (C=O) groups is 2. The fourth-order valence-corrected chi connectivity index (χ4v) is 2.85. The number of benzene rings is 1. The highest BCUT2D eigenvalue weighted by Gasteiger charge is 2.26. The normalized spacial score (nSPS) is 13.1. The molecule has 0 atom stereocenters. The van der Waals surface area contributed by atoms with Gasteiger partial charge in [-0.1, -0.05) is 15.9 Å². The molecule has 1 aliphatic rings. The van der Waals surface area contributed by atoms with Crippen LogP contribution in [0.1, 0.15) is 12.5 Å². The first-order chi connectivity index (χ1) is 9.52. The van der Waals surface area contributed by atoms with E-state index < -0.39 is 0 Å². The van der Waals surface area contributed by atoms with Gasteiger partial charge in [0.2, 0.25) is 5.91 Å². The van der Waals surface area contributed by atoms with E-state index in [1.165, 1.54) is 6.92 Å². The van der Waals surface area contributed by atoms with Crippen molar-refractivity contribution in [3.63, 3.8) is 0 Å². The molecule has 20 heavy (non-hydrogen) atoms. The summed E-state index contributed by atoms with van der Waals surface area (Å²) in [7, 11) is 0. The van der Waals surface area contributed by atoms with Crippen LogP contribution in [0.3, 0.4) is 0 Å². The van der Waals surface area contributed by atoms with Crippen LogP contribution in [0.25, 0.3) is 0 Å². The summed E-state index contributed by atoms with van der Waals surface area (Å²) in [6, 6.07) is 3.43. The topological polar surface area (TPSA) is 61.4 Å². The van der Waals surface area contributed by atoms with Crippen LogP contribution < -0.4 is 15.5 Å². The molecule has 0 aromatic heterocycles. The van der Waals surface area contributed by atoms with Crippen molar-refractivity contribution in [1.29, 1.82) is 0 Å². The van der Waals surface area contributed by atoms with Crippen LogP contribution in [-0.4, -0.2) is 30.9 Å². The van der Waals surface area contributed by atoms with Crippen molar-refractivity contribution in [2.24, 2.45) is 0 Å². The standard InChI is InChI=1S/C13H15BrClN3O2/c1-8(19)18-5-2-9-6-10(14)7-11(12(9)18)17-13(20)16-4-3-15/h6-7H,2-5H2,1H3,(H2,16,17,20). The van der Waals surface area contributed by atoms with Crippen LogP contribution in [0.5, 0.6) is 0 Å². The lowest BCUT2D eigenvalue weighted by Gasteiger charge is -2.19. The summed E-state index contributed by atoms with van der Waals surface area (Å²) in [6.45, 7) is 2.55. The number of hydrogen-bond donors (Lipinski definition) is 2. The SMILES string of the molecule is CC(=O)N1CCc2cc(Br)cc(NC(=O)NCCCl)c21. The van der Waals surface area contributed by atoms with Crippen molar-refractivity contribution >= 4 is 50.8 Å². The molecule has 0 spiro atoms. The Morgan fingerprint density at radius 2 is 2.20 bits per heavy atom. The first-order valence-electron chi connectivity index (χ1n) is 6.24. The van der Waals surface area contributed by atoms with Gasteiger partial charge in [-0.2, -0.15) is 0 Å². The molecular formula is C13H15BrClN3O2. The molecule has 5 nitrogen and oxygen atoms in total. The maximum absolute atomic E-state index is 11.8. The van der Waals surface area contributed by atoms with E-state index >= 15 is 0 Å². The van der Waals surface area contributed by atoms with Gasteiger partial charge in [-0.05, 0) is 24.1 Å². The first-order valence-corrected chi connectivity index (χ1v) is 7.57. The third-order valence-corrected chi connectivity index (χ3v) is 3.68. The van der Waals surface area contributed by atoms with Gasteiger partial charge in [0, 0.05) is 30.4 Å². The molecule has 1 aromatic carbocycles. The quantitative estimate of drug-likeness (QED) is 0.814. The van der Waals surface area contributed by atoms with Crippen LogP contribution in [0.15, 0.2) is 16.6 Å². The monoisotopic (exact) mass is 359 g/mol. The molecule has 0 radical (unpaired) electrons. The van der Waals surface area contributed by atoms with Crippen LogP contribution in [-0.2, 0) is 11.2 Å². The van der Waals surface area contributed by atoms with Gasteiger partial charge in [0.05, 0.1) is 11.4 Å². The Morgan fingerprint density at radius 3 is 2.85 bits per heavy atom. The highest BCUT2D eigenvalue weighted by Crippen LogP contribution is 2.38. The lowest BCUT2D eigenvalue weighted by atomic mass is 10.1. The Morgan fingerprint density at radius 1 is 1.45 bits per heavy atom. The molecule has 2 rings (SSSR count). The maximum atomic E-state index is 11.8. The third kappa shape index (κ3) is 3.24. The lowest BCUT2D eigenvalue weighted by molar-refractivity contribution is -0.116. The van der Waals surface area contributed by atoms with Gasteiger partial charge in [-0.15, -0.1) is 11.6 Å².